The van der Waals surface area contributed by atoms with Crippen LogP contribution in [0, 0.1) is 6.92 Å². The predicted octanol–water partition coefficient (Wildman–Crippen LogP) is 6.50. The summed E-state index contributed by atoms with van der Waals surface area (Å²) in [5.74, 6) is -2.95. The standard InChI is InChI=1S/C37H32N2O8S/c1-24-7-18-32(19-8-24)48(45,46)38(2)23-35(41)39(31-17-20-33(36(42)43)34(40)22-31)30-15-13-26(14-16-30)25-9-11-27(12-10-25)28-5-4-6-29(21-28)37(44)47-3/h4-22,40H,23H2,1-3H3,(H,42,43). The topological polar surface area (TPSA) is 142 Å². The molecule has 0 radical (unpaired) electrons. The Hall–Kier alpha value is -5.78. The molecule has 0 heterocycles. The quantitative estimate of drug-likeness (QED) is 0.161. The lowest BCUT2D eigenvalue weighted by molar-refractivity contribution is -0.117. The summed E-state index contributed by atoms with van der Waals surface area (Å²) in [6, 6.07) is 31.7. The fourth-order valence-electron chi connectivity index (χ4n) is 5.12. The van der Waals surface area contributed by atoms with E-state index >= 15 is 0 Å². The number of carboxylic acid groups (broad SMARTS) is 1. The second-order valence-electron chi connectivity index (χ2n) is 11.0. The van der Waals surface area contributed by atoms with Gasteiger partial charge in [0, 0.05) is 18.8 Å². The number of methoxy groups -OCH3 is 1. The zero-order chi connectivity index (χ0) is 34.6. The number of amides is 1. The first-order valence-electron chi connectivity index (χ1n) is 14.7. The van der Waals surface area contributed by atoms with Crippen LogP contribution in [0.4, 0.5) is 11.4 Å². The van der Waals surface area contributed by atoms with Gasteiger partial charge in [0.25, 0.3) is 0 Å². The molecule has 0 unspecified atom stereocenters. The van der Waals surface area contributed by atoms with Crippen LogP contribution in [0.15, 0.2) is 120 Å². The zero-order valence-corrected chi connectivity index (χ0v) is 27.1. The Balaban J connectivity index is 1.44. The Bertz CT molecular complexity index is 2090. The van der Waals surface area contributed by atoms with Crippen molar-refractivity contribution in [2.45, 2.75) is 11.8 Å². The second-order valence-corrected chi connectivity index (χ2v) is 13.1. The van der Waals surface area contributed by atoms with Gasteiger partial charge in [-0.15, -0.1) is 0 Å². The molecular formula is C37H32N2O8S. The van der Waals surface area contributed by atoms with Gasteiger partial charge in [0.1, 0.15) is 11.3 Å². The normalized spacial score (nSPS) is 11.2. The fraction of sp³-hybridized carbons (Fsp3) is 0.108. The minimum absolute atomic E-state index is 0.0324. The molecule has 5 aromatic rings. The molecule has 0 spiro atoms. The van der Waals surface area contributed by atoms with Crippen molar-refractivity contribution >= 4 is 39.2 Å². The van der Waals surface area contributed by atoms with Crippen molar-refractivity contribution in [3.8, 4) is 28.0 Å². The molecule has 5 aromatic carbocycles. The molecule has 0 bridgehead atoms. The van der Waals surface area contributed by atoms with Gasteiger partial charge in [-0.05, 0) is 77.7 Å². The number of likely N-dealkylation sites (N-methyl/N-ethyl adjacent to an activating group) is 1. The first kappa shape index (κ1) is 33.6. The summed E-state index contributed by atoms with van der Waals surface area (Å²) in [6.45, 7) is 1.29. The van der Waals surface area contributed by atoms with Gasteiger partial charge in [0.05, 0.1) is 29.8 Å². The lowest BCUT2D eigenvalue weighted by Crippen LogP contribution is -2.39. The largest absolute Gasteiger partial charge is 0.507 e. The highest BCUT2D eigenvalue weighted by molar-refractivity contribution is 7.89. The van der Waals surface area contributed by atoms with E-state index in [-0.39, 0.29) is 16.1 Å². The summed E-state index contributed by atoms with van der Waals surface area (Å²) < 4.78 is 32.3. The van der Waals surface area contributed by atoms with Gasteiger partial charge in [-0.3, -0.25) is 9.69 Å². The summed E-state index contributed by atoms with van der Waals surface area (Å²) >= 11 is 0. The highest BCUT2D eigenvalue weighted by atomic mass is 32.2. The van der Waals surface area contributed by atoms with Gasteiger partial charge in [-0.25, -0.2) is 18.0 Å². The van der Waals surface area contributed by atoms with Crippen LogP contribution < -0.4 is 4.90 Å². The van der Waals surface area contributed by atoms with Crippen molar-refractivity contribution in [2.75, 3.05) is 25.6 Å². The Labute approximate surface area is 278 Å². The molecular weight excluding hydrogens is 632 g/mol. The van der Waals surface area contributed by atoms with E-state index in [2.05, 4.69) is 0 Å². The van der Waals surface area contributed by atoms with E-state index in [9.17, 15) is 33.0 Å². The number of nitrogens with zero attached hydrogens (tertiary/aromatic N) is 2. The highest BCUT2D eigenvalue weighted by Crippen LogP contribution is 2.33. The molecule has 5 rings (SSSR count). The zero-order valence-electron chi connectivity index (χ0n) is 26.3. The number of rotatable bonds is 10. The van der Waals surface area contributed by atoms with Crippen molar-refractivity contribution in [3.63, 3.8) is 0 Å². The number of aromatic carboxylic acids is 1. The van der Waals surface area contributed by atoms with Crippen LogP contribution in [-0.2, 0) is 19.6 Å². The molecule has 244 valence electrons. The molecule has 0 aromatic heterocycles. The second kappa shape index (κ2) is 13.9. The van der Waals surface area contributed by atoms with Crippen molar-refractivity contribution in [1.82, 2.24) is 4.31 Å². The van der Waals surface area contributed by atoms with E-state index < -0.39 is 40.2 Å². The maximum atomic E-state index is 13.8. The first-order valence-corrected chi connectivity index (χ1v) is 16.1. The number of aromatic hydroxyl groups is 1. The number of carbonyl (C=O) groups excluding carboxylic acids is 2. The van der Waals surface area contributed by atoms with Crippen LogP contribution in [0.2, 0.25) is 0 Å². The summed E-state index contributed by atoms with van der Waals surface area (Å²) in [7, 11) is -1.38. The number of hydrogen-bond donors (Lipinski definition) is 2. The van der Waals surface area contributed by atoms with Gasteiger partial charge in [-0.1, -0.05) is 66.2 Å². The number of esters is 1. The predicted molar refractivity (Wildman–Crippen MR) is 182 cm³/mol. The summed E-state index contributed by atoms with van der Waals surface area (Å²) in [4.78, 5) is 38.6. The van der Waals surface area contributed by atoms with Gasteiger partial charge in [0.2, 0.25) is 15.9 Å². The minimum atomic E-state index is -4.01. The van der Waals surface area contributed by atoms with Crippen molar-refractivity contribution in [2.24, 2.45) is 0 Å². The number of anilines is 2. The molecule has 10 nitrogen and oxygen atoms in total. The van der Waals surface area contributed by atoms with Crippen LogP contribution in [0.3, 0.4) is 0 Å². The van der Waals surface area contributed by atoms with Crippen LogP contribution in [0.1, 0.15) is 26.3 Å². The van der Waals surface area contributed by atoms with Crippen molar-refractivity contribution < 1.29 is 37.8 Å². The summed E-state index contributed by atoms with van der Waals surface area (Å²) in [5, 5.41) is 19.8. The molecule has 0 saturated carbocycles. The van der Waals surface area contributed by atoms with E-state index in [1.165, 1.54) is 43.3 Å². The smallest absolute Gasteiger partial charge is 0.339 e. The maximum absolute atomic E-state index is 13.8. The average molecular weight is 665 g/mol. The number of hydrogen-bond acceptors (Lipinski definition) is 7. The van der Waals surface area contributed by atoms with Gasteiger partial charge in [-0.2, -0.15) is 4.31 Å². The minimum Gasteiger partial charge on any atom is -0.507 e. The SMILES string of the molecule is COC(=O)c1cccc(-c2ccc(-c3ccc(N(C(=O)CN(C)S(=O)(=O)c4ccc(C)cc4)c4ccc(C(=O)O)c(O)c4)cc3)cc2)c1. The van der Waals surface area contributed by atoms with E-state index in [4.69, 9.17) is 4.74 Å². The molecule has 0 saturated heterocycles. The third kappa shape index (κ3) is 7.12. The third-order valence-electron chi connectivity index (χ3n) is 7.77. The molecule has 0 aliphatic carbocycles. The van der Waals surface area contributed by atoms with Crippen molar-refractivity contribution in [3.05, 3.63) is 132 Å². The molecule has 0 aliphatic rings. The molecule has 48 heavy (non-hydrogen) atoms. The Morgan fingerprint density at radius 3 is 1.85 bits per heavy atom. The maximum Gasteiger partial charge on any atom is 0.339 e. The summed E-state index contributed by atoms with van der Waals surface area (Å²) in [6.07, 6.45) is 0. The molecule has 1 amide bonds. The van der Waals surface area contributed by atoms with Gasteiger partial charge >= 0.3 is 11.9 Å². The van der Waals surface area contributed by atoms with Crippen LogP contribution >= 0.6 is 0 Å². The molecule has 0 aliphatic heterocycles. The number of sulfonamides is 1. The molecule has 0 fully saturated rings. The number of carboxylic acids is 1. The van der Waals surface area contributed by atoms with E-state index in [0.717, 1.165) is 38.2 Å². The number of aryl methyl sites for hydroxylation is 1. The fourth-order valence-corrected chi connectivity index (χ4v) is 6.24. The van der Waals surface area contributed by atoms with E-state index in [1.807, 2.05) is 37.3 Å². The van der Waals surface area contributed by atoms with Crippen LogP contribution in [0.5, 0.6) is 5.75 Å². The number of benzene rings is 5. The Morgan fingerprint density at radius 2 is 1.29 bits per heavy atom. The highest BCUT2D eigenvalue weighted by Gasteiger charge is 2.27. The van der Waals surface area contributed by atoms with E-state index in [0.29, 0.717) is 11.3 Å². The van der Waals surface area contributed by atoms with Crippen molar-refractivity contribution in [1.29, 1.82) is 0 Å². The molecule has 11 heteroatoms. The van der Waals surface area contributed by atoms with E-state index in [1.54, 1.807) is 54.6 Å². The monoisotopic (exact) mass is 664 g/mol. The van der Waals surface area contributed by atoms with Crippen LogP contribution in [-0.4, -0.2) is 61.5 Å². The average Bonchev–Trinajstić information content (AvgIpc) is 3.08. The van der Waals surface area contributed by atoms with Gasteiger partial charge in [0.15, 0.2) is 0 Å². The summed E-state index contributed by atoms with van der Waals surface area (Å²) in [5.41, 5.74) is 4.93. The first-order chi connectivity index (χ1) is 22.9. The lowest BCUT2D eigenvalue weighted by Gasteiger charge is -2.26. The number of phenols is 1. The molecule has 0 atom stereocenters. The third-order valence-corrected chi connectivity index (χ3v) is 9.58. The number of ether oxygens (including phenoxy) is 1. The molecule has 2 N–H and O–H groups in total. The number of carbonyl (C=O) groups is 3. The Morgan fingerprint density at radius 1 is 0.729 bits per heavy atom. The van der Waals surface area contributed by atoms with Gasteiger partial charge < -0.3 is 14.9 Å². The lowest BCUT2D eigenvalue weighted by atomic mass is 9.99. The van der Waals surface area contributed by atoms with Crippen LogP contribution in [0.25, 0.3) is 22.3 Å². The Kier molecular flexibility index (Phi) is 9.74.